The molecule has 10 nitrogen and oxygen atoms in total. The summed E-state index contributed by atoms with van der Waals surface area (Å²) >= 11 is 0. The van der Waals surface area contributed by atoms with Crippen molar-refractivity contribution in [2.24, 2.45) is 16.5 Å². The third kappa shape index (κ3) is 6.36. The van der Waals surface area contributed by atoms with Crippen molar-refractivity contribution in [2.75, 3.05) is 6.54 Å². The predicted octanol–water partition coefficient (Wildman–Crippen LogP) is 0.604. The summed E-state index contributed by atoms with van der Waals surface area (Å²) in [6, 6.07) is -1.40. The Balaban J connectivity index is 3.00. The highest BCUT2D eigenvalue weighted by molar-refractivity contribution is 6.21. The quantitative estimate of drug-likeness (QED) is 0.151. The number of hydrogen-bond acceptors (Lipinski definition) is 5. The van der Waals surface area contributed by atoms with Crippen LogP contribution in [0.3, 0.4) is 0 Å². The van der Waals surface area contributed by atoms with Crippen LogP contribution in [0.25, 0.3) is 0 Å². The first-order chi connectivity index (χ1) is 13.2. The molecule has 0 radical (unpaired) electrons. The number of nitrogens with zero attached hydrogens (tertiary/aromatic N) is 2. The highest BCUT2D eigenvalue weighted by atomic mass is 16.4. The number of hydrogen-bond donors (Lipinski definition) is 4. The van der Waals surface area contributed by atoms with Crippen LogP contribution in [-0.2, 0) is 19.2 Å². The predicted molar refractivity (Wildman–Crippen MR) is 101 cm³/mol. The largest absolute Gasteiger partial charge is 0.481 e. The van der Waals surface area contributed by atoms with E-state index in [4.69, 9.17) is 16.6 Å². The van der Waals surface area contributed by atoms with Crippen LogP contribution in [0, 0.1) is 0 Å². The Morgan fingerprint density at radius 2 is 1.68 bits per heavy atom. The van der Waals surface area contributed by atoms with Crippen molar-refractivity contribution in [2.45, 2.75) is 64.3 Å². The molecular weight excluding hydrogens is 368 g/mol. The molecular formula is C18H28N4O6. The van der Waals surface area contributed by atoms with Gasteiger partial charge < -0.3 is 21.7 Å². The van der Waals surface area contributed by atoms with E-state index in [1.807, 2.05) is 6.92 Å². The van der Waals surface area contributed by atoms with Crippen molar-refractivity contribution in [3.05, 3.63) is 11.1 Å². The van der Waals surface area contributed by atoms with Crippen LogP contribution < -0.4 is 11.5 Å². The summed E-state index contributed by atoms with van der Waals surface area (Å²) in [6.07, 6.45) is 3.25. The van der Waals surface area contributed by atoms with Gasteiger partial charge in [-0.15, -0.1) is 0 Å². The summed E-state index contributed by atoms with van der Waals surface area (Å²) in [4.78, 5) is 52.7. The van der Waals surface area contributed by atoms with Gasteiger partial charge in [0.2, 0.25) is 0 Å². The van der Waals surface area contributed by atoms with Gasteiger partial charge >= 0.3 is 11.9 Å². The van der Waals surface area contributed by atoms with Gasteiger partial charge in [-0.05, 0) is 25.7 Å². The lowest BCUT2D eigenvalue weighted by molar-refractivity contribution is -0.154. The van der Waals surface area contributed by atoms with E-state index in [1.165, 1.54) is 0 Å². The van der Waals surface area contributed by atoms with Crippen molar-refractivity contribution in [1.82, 2.24) is 4.90 Å². The number of carbonyl (C=O) groups is 4. The maximum atomic E-state index is 12.8. The Morgan fingerprint density at radius 3 is 2.21 bits per heavy atom. The van der Waals surface area contributed by atoms with Gasteiger partial charge in [0, 0.05) is 17.7 Å². The minimum Gasteiger partial charge on any atom is -0.481 e. The number of carboxylic acid groups (broad SMARTS) is 2. The van der Waals surface area contributed by atoms with E-state index in [0.717, 1.165) is 19.3 Å². The number of carbonyl (C=O) groups excluding carboxylic acids is 2. The molecule has 1 aliphatic rings. The van der Waals surface area contributed by atoms with E-state index in [0.29, 0.717) is 11.3 Å². The molecule has 6 N–H and O–H groups in total. The first-order valence-corrected chi connectivity index (χ1v) is 9.30. The molecule has 0 aromatic rings. The molecule has 1 heterocycles. The average Bonchev–Trinajstić information content (AvgIpc) is 2.82. The summed E-state index contributed by atoms with van der Waals surface area (Å²) < 4.78 is 0. The Labute approximate surface area is 163 Å². The maximum absolute atomic E-state index is 12.8. The highest BCUT2D eigenvalue weighted by Crippen LogP contribution is 2.30. The molecule has 0 aromatic heterocycles. The van der Waals surface area contributed by atoms with Gasteiger partial charge in [-0.3, -0.25) is 24.3 Å². The zero-order chi connectivity index (χ0) is 21.3. The smallest absolute Gasteiger partial charge is 0.326 e. The Kier molecular flexibility index (Phi) is 9.13. The molecule has 1 aliphatic heterocycles. The van der Waals surface area contributed by atoms with Crippen LogP contribution >= 0.6 is 0 Å². The van der Waals surface area contributed by atoms with E-state index in [2.05, 4.69) is 4.99 Å². The van der Waals surface area contributed by atoms with E-state index in [9.17, 15) is 24.3 Å². The second-order valence-electron chi connectivity index (χ2n) is 6.62. The lowest BCUT2D eigenvalue weighted by Gasteiger charge is -2.23. The number of amides is 2. The topological polar surface area (TPSA) is 176 Å². The summed E-state index contributed by atoms with van der Waals surface area (Å²) in [5.41, 5.74) is 10.4. The summed E-state index contributed by atoms with van der Waals surface area (Å²) in [6.45, 7) is 2.18. The van der Waals surface area contributed by atoms with E-state index in [1.54, 1.807) is 0 Å². The summed E-state index contributed by atoms with van der Waals surface area (Å²) in [5.74, 6) is -4.28. The molecule has 0 saturated carbocycles. The Morgan fingerprint density at radius 1 is 1.04 bits per heavy atom. The summed E-state index contributed by atoms with van der Waals surface area (Å²) in [5, 5.41) is 18.6. The molecule has 0 unspecified atom stereocenters. The number of carboxylic acids is 2. The normalized spacial score (nSPS) is 15.1. The molecule has 2 amide bonds. The SMILES string of the molecule is CCCCCCC1=C(CC(=O)O)C(=O)N([C@H](CCCN=C(N)N)C(=O)O)C1=O. The lowest BCUT2D eigenvalue weighted by atomic mass is 10.0. The Hall–Kier alpha value is -2.91. The number of guanidine groups is 1. The van der Waals surface area contributed by atoms with Crippen LogP contribution in [0.2, 0.25) is 0 Å². The number of imide groups is 1. The molecule has 10 heteroatoms. The van der Waals surface area contributed by atoms with Crippen molar-refractivity contribution in [1.29, 1.82) is 0 Å². The second-order valence-corrected chi connectivity index (χ2v) is 6.62. The van der Waals surface area contributed by atoms with E-state index in [-0.39, 0.29) is 42.9 Å². The fourth-order valence-electron chi connectivity index (χ4n) is 3.10. The third-order valence-electron chi connectivity index (χ3n) is 4.45. The number of aliphatic carboxylic acids is 2. The third-order valence-corrected chi connectivity index (χ3v) is 4.45. The Bertz CT molecular complexity index is 682. The fourth-order valence-corrected chi connectivity index (χ4v) is 3.10. The number of rotatable bonds is 13. The second kappa shape index (κ2) is 11.1. The molecule has 156 valence electrons. The van der Waals surface area contributed by atoms with Crippen molar-refractivity contribution in [3.63, 3.8) is 0 Å². The number of unbranched alkanes of at least 4 members (excludes halogenated alkanes) is 3. The molecule has 0 bridgehead atoms. The van der Waals surface area contributed by atoms with Crippen LogP contribution in [0.1, 0.15) is 58.3 Å². The van der Waals surface area contributed by atoms with Gasteiger partial charge in [0.25, 0.3) is 11.8 Å². The molecule has 1 atom stereocenters. The summed E-state index contributed by atoms with van der Waals surface area (Å²) in [7, 11) is 0. The lowest BCUT2D eigenvalue weighted by Crippen LogP contribution is -2.46. The van der Waals surface area contributed by atoms with E-state index < -0.39 is 36.2 Å². The molecule has 0 aliphatic carbocycles. The molecule has 0 fully saturated rings. The first-order valence-electron chi connectivity index (χ1n) is 9.30. The average molecular weight is 396 g/mol. The number of nitrogens with two attached hydrogens (primary N) is 2. The fraction of sp³-hybridized carbons (Fsp3) is 0.611. The van der Waals surface area contributed by atoms with Crippen molar-refractivity contribution in [3.8, 4) is 0 Å². The van der Waals surface area contributed by atoms with Gasteiger partial charge in [-0.25, -0.2) is 4.79 Å². The zero-order valence-corrected chi connectivity index (χ0v) is 16.0. The van der Waals surface area contributed by atoms with Gasteiger partial charge in [0.1, 0.15) is 6.04 Å². The molecule has 1 rings (SSSR count). The molecule has 0 spiro atoms. The van der Waals surface area contributed by atoms with Crippen LogP contribution in [0.4, 0.5) is 0 Å². The number of aliphatic imine (C=N–C) groups is 1. The molecule has 0 saturated heterocycles. The first kappa shape index (κ1) is 23.1. The molecule has 28 heavy (non-hydrogen) atoms. The van der Waals surface area contributed by atoms with Crippen molar-refractivity contribution < 1.29 is 29.4 Å². The maximum Gasteiger partial charge on any atom is 0.326 e. The van der Waals surface area contributed by atoms with Gasteiger partial charge in [-0.1, -0.05) is 26.2 Å². The minimum absolute atomic E-state index is 0.0347. The van der Waals surface area contributed by atoms with Gasteiger partial charge in [0.05, 0.1) is 6.42 Å². The van der Waals surface area contributed by atoms with Crippen LogP contribution in [-0.4, -0.2) is 57.4 Å². The van der Waals surface area contributed by atoms with Crippen molar-refractivity contribution >= 4 is 29.7 Å². The van der Waals surface area contributed by atoms with Gasteiger partial charge in [0.15, 0.2) is 5.96 Å². The van der Waals surface area contributed by atoms with E-state index >= 15 is 0 Å². The zero-order valence-electron chi connectivity index (χ0n) is 16.0. The van der Waals surface area contributed by atoms with Crippen LogP contribution in [0.15, 0.2) is 16.1 Å². The van der Waals surface area contributed by atoms with Gasteiger partial charge in [-0.2, -0.15) is 0 Å². The monoisotopic (exact) mass is 396 g/mol. The highest BCUT2D eigenvalue weighted by Gasteiger charge is 2.44. The van der Waals surface area contributed by atoms with Crippen LogP contribution in [0.5, 0.6) is 0 Å². The molecule has 0 aromatic carbocycles. The minimum atomic E-state index is -1.40. The standard InChI is InChI=1S/C18H28N4O6/c1-2-3-4-5-7-11-12(10-14(23)24)16(26)22(15(11)25)13(17(27)28)8-6-9-21-18(19)20/h13H,2-10H2,1H3,(H,23,24)(H,27,28)(H4,19,20,21)/t13-/m1/s1.